The Morgan fingerprint density at radius 3 is 2.00 bits per heavy atom. The van der Waals surface area contributed by atoms with E-state index in [1.807, 2.05) is 38.1 Å². The van der Waals surface area contributed by atoms with Gasteiger partial charge in [0.1, 0.15) is 13.2 Å². The topological polar surface area (TPSA) is 70.1 Å². The summed E-state index contributed by atoms with van der Waals surface area (Å²) in [7, 11) is 0. The first-order chi connectivity index (χ1) is 14.0. The molecule has 0 saturated carbocycles. The van der Waals surface area contributed by atoms with Crippen LogP contribution in [0.5, 0.6) is 0 Å². The van der Waals surface area contributed by atoms with Crippen LogP contribution in [0.25, 0.3) is 11.1 Å². The predicted molar refractivity (Wildman–Crippen MR) is 112 cm³/mol. The number of carboxylic acids is 1. The van der Waals surface area contributed by atoms with Gasteiger partial charge in [0.25, 0.3) is 0 Å². The molecule has 1 amide bonds. The second-order valence-electron chi connectivity index (χ2n) is 7.15. The van der Waals surface area contributed by atoms with E-state index in [0.29, 0.717) is 13.1 Å². The molecule has 1 aliphatic rings. The summed E-state index contributed by atoms with van der Waals surface area (Å²) >= 11 is 0. The van der Waals surface area contributed by atoms with E-state index >= 15 is 0 Å². The molecule has 0 aromatic heterocycles. The average Bonchev–Trinajstić information content (AvgIpc) is 3.05. The molecule has 0 unspecified atom stereocenters. The summed E-state index contributed by atoms with van der Waals surface area (Å²) in [4.78, 5) is 27.3. The lowest BCUT2D eigenvalue weighted by atomic mass is 9.98. The fourth-order valence-electron chi connectivity index (χ4n) is 3.89. The van der Waals surface area contributed by atoms with Crippen molar-refractivity contribution in [3.8, 4) is 11.1 Å². The minimum Gasteiger partial charge on any atom is -0.480 e. The van der Waals surface area contributed by atoms with Crippen molar-refractivity contribution >= 4 is 12.1 Å². The van der Waals surface area contributed by atoms with E-state index in [9.17, 15) is 14.7 Å². The van der Waals surface area contributed by atoms with Crippen molar-refractivity contribution in [3.63, 3.8) is 0 Å². The van der Waals surface area contributed by atoms with Gasteiger partial charge < -0.3 is 14.7 Å². The Morgan fingerprint density at radius 1 is 0.931 bits per heavy atom. The fourth-order valence-corrected chi connectivity index (χ4v) is 3.89. The van der Waals surface area contributed by atoms with Crippen LogP contribution in [-0.4, -0.2) is 66.3 Å². The molecule has 1 N–H and O–H groups in total. The van der Waals surface area contributed by atoms with Crippen LogP contribution in [0.2, 0.25) is 0 Å². The number of amides is 1. The van der Waals surface area contributed by atoms with Gasteiger partial charge in [0.2, 0.25) is 0 Å². The van der Waals surface area contributed by atoms with Gasteiger partial charge in [-0.1, -0.05) is 62.4 Å². The summed E-state index contributed by atoms with van der Waals surface area (Å²) in [5.41, 5.74) is 4.59. The lowest BCUT2D eigenvalue weighted by molar-refractivity contribution is -0.138. The molecule has 2 aromatic carbocycles. The van der Waals surface area contributed by atoms with Gasteiger partial charge in [0.15, 0.2) is 0 Å². The molecule has 0 atom stereocenters. The molecule has 1 aliphatic carbocycles. The maximum Gasteiger partial charge on any atom is 0.410 e. The second-order valence-corrected chi connectivity index (χ2v) is 7.15. The van der Waals surface area contributed by atoms with Crippen molar-refractivity contribution in [1.29, 1.82) is 0 Å². The summed E-state index contributed by atoms with van der Waals surface area (Å²) in [5, 5.41) is 9.19. The van der Waals surface area contributed by atoms with E-state index in [1.54, 1.807) is 0 Å². The maximum absolute atomic E-state index is 12.7. The Balaban J connectivity index is 1.70. The molecule has 0 radical (unpaired) electrons. The summed E-state index contributed by atoms with van der Waals surface area (Å²) in [6.07, 6.45) is -0.582. The van der Waals surface area contributed by atoms with Crippen LogP contribution in [0.3, 0.4) is 0 Å². The highest BCUT2D eigenvalue weighted by molar-refractivity contribution is 5.79. The number of fused-ring (bicyclic) bond motifs is 3. The van der Waals surface area contributed by atoms with Crippen molar-refractivity contribution < 1.29 is 19.4 Å². The van der Waals surface area contributed by atoms with Crippen LogP contribution >= 0.6 is 0 Å². The Kier molecular flexibility index (Phi) is 6.88. The van der Waals surface area contributed by atoms with E-state index in [2.05, 4.69) is 29.2 Å². The van der Waals surface area contributed by atoms with Crippen molar-refractivity contribution in [2.24, 2.45) is 0 Å². The number of carbonyl (C=O) groups excluding carboxylic acids is 1. The minimum atomic E-state index is -1.04. The molecule has 0 heterocycles. The standard InChI is InChI=1S/C23H28N2O4/c1-3-24(4-2)13-14-25(15-22(26)27)23(28)29-16-21-19-11-7-5-9-17(19)18-10-6-8-12-20(18)21/h5-12,21H,3-4,13-16H2,1-2H3,(H,26,27). The smallest absolute Gasteiger partial charge is 0.410 e. The Labute approximate surface area is 171 Å². The highest BCUT2D eigenvalue weighted by Crippen LogP contribution is 2.44. The van der Waals surface area contributed by atoms with Crippen LogP contribution in [0, 0.1) is 0 Å². The SMILES string of the molecule is CCN(CC)CCN(CC(=O)O)C(=O)OCC1c2ccccc2-c2ccccc21. The Morgan fingerprint density at radius 2 is 1.48 bits per heavy atom. The first-order valence-corrected chi connectivity index (χ1v) is 10.1. The van der Waals surface area contributed by atoms with Gasteiger partial charge in [0, 0.05) is 19.0 Å². The third-order valence-corrected chi connectivity index (χ3v) is 5.50. The first-order valence-electron chi connectivity index (χ1n) is 10.1. The van der Waals surface area contributed by atoms with E-state index in [0.717, 1.165) is 35.3 Å². The third-order valence-electron chi connectivity index (χ3n) is 5.50. The van der Waals surface area contributed by atoms with Gasteiger partial charge in [0.05, 0.1) is 0 Å². The molecule has 2 aromatic rings. The van der Waals surface area contributed by atoms with Crippen LogP contribution < -0.4 is 0 Å². The van der Waals surface area contributed by atoms with Crippen molar-refractivity contribution in [2.75, 3.05) is 39.3 Å². The van der Waals surface area contributed by atoms with Gasteiger partial charge in [-0.25, -0.2) is 4.79 Å². The monoisotopic (exact) mass is 396 g/mol. The molecule has 6 heteroatoms. The Bertz CT molecular complexity index is 818. The number of nitrogens with zero attached hydrogens (tertiary/aromatic N) is 2. The molecule has 29 heavy (non-hydrogen) atoms. The minimum absolute atomic E-state index is 0.0409. The van der Waals surface area contributed by atoms with Gasteiger partial charge in [-0.3, -0.25) is 9.69 Å². The summed E-state index contributed by atoms with van der Waals surface area (Å²) in [6, 6.07) is 16.3. The van der Waals surface area contributed by atoms with Gasteiger partial charge >= 0.3 is 12.1 Å². The molecular formula is C23H28N2O4. The molecule has 0 fully saturated rings. The van der Waals surface area contributed by atoms with Gasteiger partial charge in [-0.2, -0.15) is 0 Å². The van der Waals surface area contributed by atoms with Gasteiger partial charge in [-0.05, 0) is 35.3 Å². The molecule has 0 bridgehead atoms. The molecule has 154 valence electrons. The second kappa shape index (κ2) is 9.56. The number of carboxylic acid groups (broad SMARTS) is 1. The zero-order chi connectivity index (χ0) is 20.8. The molecule has 6 nitrogen and oxygen atoms in total. The number of hydrogen-bond donors (Lipinski definition) is 1. The molecular weight excluding hydrogens is 368 g/mol. The van der Waals surface area contributed by atoms with Crippen molar-refractivity contribution in [2.45, 2.75) is 19.8 Å². The molecule has 0 spiro atoms. The Hall–Kier alpha value is -2.86. The molecule has 0 aliphatic heterocycles. The maximum atomic E-state index is 12.7. The van der Waals surface area contributed by atoms with E-state index in [-0.39, 0.29) is 19.1 Å². The van der Waals surface area contributed by atoms with Crippen molar-refractivity contribution in [3.05, 3.63) is 59.7 Å². The predicted octanol–water partition coefficient (Wildman–Crippen LogP) is 3.66. The van der Waals surface area contributed by atoms with Gasteiger partial charge in [-0.15, -0.1) is 0 Å². The lowest BCUT2D eigenvalue weighted by Gasteiger charge is -2.25. The zero-order valence-corrected chi connectivity index (χ0v) is 17.0. The first kappa shape index (κ1) is 20.9. The number of rotatable bonds is 9. The van der Waals surface area contributed by atoms with Crippen LogP contribution in [0.1, 0.15) is 30.9 Å². The van der Waals surface area contributed by atoms with Crippen LogP contribution in [-0.2, 0) is 9.53 Å². The van der Waals surface area contributed by atoms with E-state index in [1.165, 1.54) is 4.90 Å². The zero-order valence-electron chi connectivity index (χ0n) is 17.0. The number of carbonyl (C=O) groups is 2. The summed E-state index contributed by atoms with van der Waals surface area (Å²) in [6.45, 7) is 6.54. The normalized spacial score (nSPS) is 12.5. The quantitative estimate of drug-likeness (QED) is 0.700. The highest BCUT2D eigenvalue weighted by Gasteiger charge is 2.30. The third kappa shape index (κ3) is 4.77. The number of ether oxygens (including phenoxy) is 1. The number of hydrogen-bond acceptors (Lipinski definition) is 4. The van der Waals surface area contributed by atoms with E-state index in [4.69, 9.17) is 4.74 Å². The number of likely N-dealkylation sites (N-methyl/N-ethyl adjacent to an activating group) is 1. The van der Waals surface area contributed by atoms with Crippen molar-refractivity contribution in [1.82, 2.24) is 9.80 Å². The fraction of sp³-hybridized carbons (Fsp3) is 0.391. The number of benzene rings is 2. The summed E-state index contributed by atoms with van der Waals surface area (Å²) < 4.78 is 5.61. The van der Waals surface area contributed by atoms with Crippen LogP contribution in [0.15, 0.2) is 48.5 Å². The summed E-state index contributed by atoms with van der Waals surface area (Å²) in [5.74, 6) is -1.08. The molecule has 0 saturated heterocycles. The van der Waals surface area contributed by atoms with E-state index < -0.39 is 12.1 Å². The lowest BCUT2D eigenvalue weighted by Crippen LogP contribution is -2.42. The largest absolute Gasteiger partial charge is 0.480 e. The number of aliphatic carboxylic acids is 1. The van der Waals surface area contributed by atoms with Crippen LogP contribution in [0.4, 0.5) is 4.79 Å². The molecule has 3 rings (SSSR count). The highest BCUT2D eigenvalue weighted by atomic mass is 16.6. The average molecular weight is 396 g/mol.